The average Bonchev–Trinajstić information content (AvgIpc) is 2.96. The lowest BCUT2D eigenvalue weighted by atomic mass is 9.83. The summed E-state index contributed by atoms with van der Waals surface area (Å²) >= 11 is 0. The van der Waals surface area contributed by atoms with Gasteiger partial charge < -0.3 is 10.6 Å². The highest BCUT2D eigenvalue weighted by molar-refractivity contribution is 5.78. The molecular weight excluding hydrogens is 248 g/mol. The number of nitrogens with zero attached hydrogens (tertiary/aromatic N) is 1. The smallest absolute Gasteiger partial charge is 0.226 e. The van der Waals surface area contributed by atoms with E-state index in [1.54, 1.807) is 0 Å². The SMILES string of the molecule is CN(CC1CC2CCC1C2)C(=O)C(CN)CC(C)(C)C. The van der Waals surface area contributed by atoms with Crippen LogP contribution in [0.2, 0.25) is 0 Å². The maximum absolute atomic E-state index is 12.6. The molecule has 3 heteroatoms. The topological polar surface area (TPSA) is 46.3 Å². The number of nitrogens with two attached hydrogens (primary N) is 1. The van der Waals surface area contributed by atoms with Gasteiger partial charge in [0, 0.05) is 20.1 Å². The minimum absolute atomic E-state index is 0.0152. The molecule has 0 aromatic rings. The summed E-state index contributed by atoms with van der Waals surface area (Å²) in [5.41, 5.74) is 6.00. The van der Waals surface area contributed by atoms with Gasteiger partial charge in [-0.1, -0.05) is 27.2 Å². The molecule has 2 bridgehead atoms. The highest BCUT2D eigenvalue weighted by atomic mass is 16.2. The van der Waals surface area contributed by atoms with E-state index in [0.29, 0.717) is 6.54 Å². The monoisotopic (exact) mass is 280 g/mol. The van der Waals surface area contributed by atoms with Gasteiger partial charge in [0.25, 0.3) is 0 Å². The second kappa shape index (κ2) is 6.05. The van der Waals surface area contributed by atoms with Gasteiger partial charge in [-0.05, 0) is 48.9 Å². The molecule has 0 heterocycles. The lowest BCUT2D eigenvalue weighted by Gasteiger charge is -2.31. The highest BCUT2D eigenvalue weighted by Gasteiger charge is 2.40. The van der Waals surface area contributed by atoms with Crippen molar-refractivity contribution in [3.05, 3.63) is 0 Å². The van der Waals surface area contributed by atoms with E-state index in [4.69, 9.17) is 5.73 Å². The Hall–Kier alpha value is -0.570. The van der Waals surface area contributed by atoms with E-state index in [1.165, 1.54) is 25.7 Å². The maximum atomic E-state index is 12.6. The largest absolute Gasteiger partial charge is 0.345 e. The molecule has 2 rings (SSSR count). The van der Waals surface area contributed by atoms with Crippen LogP contribution in [0.5, 0.6) is 0 Å². The van der Waals surface area contributed by atoms with E-state index in [-0.39, 0.29) is 17.2 Å². The van der Waals surface area contributed by atoms with Gasteiger partial charge in [-0.2, -0.15) is 0 Å². The Labute approximate surface area is 124 Å². The van der Waals surface area contributed by atoms with Gasteiger partial charge in [0.05, 0.1) is 5.92 Å². The predicted molar refractivity (Wildman–Crippen MR) is 83.2 cm³/mol. The number of carbonyl (C=O) groups is 1. The summed E-state index contributed by atoms with van der Waals surface area (Å²) < 4.78 is 0. The molecule has 116 valence electrons. The Morgan fingerprint density at radius 3 is 2.45 bits per heavy atom. The van der Waals surface area contributed by atoms with Crippen molar-refractivity contribution in [2.24, 2.45) is 34.8 Å². The molecule has 4 atom stereocenters. The Bertz CT molecular complexity index is 347. The Morgan fingerprint density at radius 2 is 2.00 bits per heavy atom. The number of rotatable bonds is 5. The summed E-state index contributed by atoms with van der Waals surface area (Å²) in [5.74, 6) is 2.82. The summed E-state index contributed by atoms with van der Waals surface area (Å²) in [6, 6.07) is 0. The van der Waals surface area contributed by atoms with Crippen LogP contribution in [0.3, 0.4) is 0 Å². The number of carbonyl (C=O) groups excluding carboxylic acids is 1. The molecule has 2 aliphatic rings. The summed E-state index contributed by atoms with van der Waals surface area (Å²) in [4.78, 5) is 14.6. The van der Waals surface area contributed by atoms with Crippen LogP contribution < -0.4 is 5.73 Å². The Kier molecular flexibility index (Phi) is 4.78. The van der Waals surface area contributed by atoms with Gasteiger partial charge in [-0.15, -0.1) is 0 Å². The molecule has 0 radical (unpaired) electrons. The summed E-state index contributed by atoms with van der Waals surface area (Å²) in [5, 5.41) is 0. The van der Waals surface area contributed by atoms with Crippen molar-refractivity contribution < 1.29 is 4.79 Å². The fourth-order valence-electron chi connectivity index (χ4n) is 4.36. The van der Waals surface area contributed by atoms with Crippen LogP contribution in [0.15, 0.2) is 0 Å². The quantitative estimate of drug-likeness (QED) is 0.841. The number of fused-ring (bicyclic) bond motifs is 2. The van der Waals surface area contributed by atoms with Crippen molar-refractivity contribution in [3.8, 4) is 0 Å². The van der Waals surface area contributed by atoms with E-state index >= 15 is 0 Å². The van der Waals surface area contributed by atoms with Gasteiger partial charge in [0.2, 0.25) is 5.91 Å². The second-order valence-corrected chi connectivity index (χ2v) is 8.35. The molecule has 20 heavy (non-hydrogen) atoms. The molecular formula is C17H32N2O. The second-order valence-electron chi connectivity index (χ2n) is 8.35. The van der Waals surface area contributed by atoms with Gasteiger partial charge in [0.1, 0.15) is 0 Å². The van der Waals surface area contributed by atoms with Crippen LogP contribution in [0, 0.1) is 29.1 Å². The fourth-order valence-corrected chi connectivity index (χ4v) is 4.36. The first-order chi connectivity index (χ1) is 9.30. The van der Waals surface area contributed by atoms with Crippen LogP contribution in [0.1, 0.15) is 52.9 Å². The number of hydrogen-bond acceptors (Lipinski definition) is 2. The van der Waals surface area contributed by atoms with Crippen LogP contribution >= 0.6 is 0 Å². The molecule has 2 aliphatic carbocycles. The third-order valence-corrected chi connectivity index (χ3v) is 5.26. The van der Waals surface area contributed by atoms with Crippen LogP contribution in [-0.2, 0) is 4.79 Å². The van der Waals surface area contributed by atoms with E-state index in [2.05, 4.69) is 20.8 Å². The van der Waals surface area contributed by atoms with Crippen molar-refractivity contribution >= 4 is 5.91 Å². The van der Waals surface area contributed by atoms with Crippen LogP contribution in [0.25, 0.3) is 0 Å². The van der Waals surface area contributed by atoms with Crippen molar-refractivity contribution in [2.75, 3.05) is 20.1 Å². The molecule has 0 saturated heterocycles. The van der Waals surface area contributed by atoms with Crippen molar-refractivity contribution in [3.63, 3.8) is 0 Å². The molecule has 0 aliphatic heterocycles. The molecule has 2 fully saturated rings. The van der Waals surface area contributed by atoms with Crippen molar-refractivity contribution in [1.82, 2.24) is 4.90 Å². The first-order valence-electron chi connectivity index (χ1n) is 8.25. The Balaban J connectivity index is 1.87. The van der Waals surface area contributed by atoms with Gasteiger partial charge in [-0.3, -0.25) is 4.79 Å². The summed E-state index contributed by atoms with van der Waals surface area (Å²) in [6.07, 6.45) is 6.45. The maximum Gasteiger partial charge on any atom is 0.226 e. The fraction of sp³-hybridized carbons (Fsp3) is 0.941. The normalized spacial score (nSPS) is 30.6. The van der Waals surface area contributed by atoms with Gasteiger partial charge >= 0.3 is 0 Å². The minimum Gasteiger partial charge on any atom is -0.345 e. The molecule has 0 aromatic carbocycles. The molecule has 4 unspecified atom stereocenters. The molecule has 0 aromatic heterocycles. The minimum atomic E-state index is -0.0152. The number of hydrogen-bond donors (Lipinski definition) is 1. The zero-order valence-corrected chi connectivity index (χ0v) is 13.7. The standard InChI is InChI=1S/C17H32N2O/c1-17(2,3)9-15(10-18)16(20)19(4)11-14-8-12-5-6-13(14)7-12/h12-15H,5-11,18H2,1-4H3. The lowest BCUT2D eigenvalue weighted by molar-refractivity contribution is -0.135. The third kappa shape index (κ3) is 3.75. The van der Waals surface area contributed by atoms with Gasteiger partial charge in [-0.25, -0.2) is 0 Å². The first-order valence-corrected chi connectivity index (χ1v) is 8.25. The van der Waals surface area contributed by atoms with Crippen molar-refractivity contribution in [1.29, 1.82) is 0 Å². The molecule has 0 spiro atoms. The molecule has 3 nitrogen and oxygen atoms in total. The van der Waals surface area contributed by atoms with Crippen molar-refractivity contribution in [2.45, 2.75) is 52.9 Å². The zero-order chi connectivity index (χ0) is 14.9. The average molecular weight is 280 g/mol. The van der Waals surface area contributed by atoms with Crippen LogP contribution in [0.4, 0.5) is 0 Å². The third-order valence-electron chi connectivity index (χ3n) is 5.26. The first kappa shape index (κ1) is 15.8. The molecule has 2 saturated carbocycles. The van der Waals surface area contributed by atoms with E-state index in [9.17, 15) is 4.79 Å². The van der Waals surface area contributed by atoms with Crippen LogP contribution in [-0.4, -0.2) is 30.9 Å². The number of amides is 1. The molecule has 1 amide bonds. The van der Waals surface area contributed by atoms with E-state index in [0.717, 1.165) is 30.7 Å². The Morgan fingerprint density at radius 1 is 1.30 bits per heavy atom. The van der Waals surface area contributed by atoms with Gasteiger partial charge in [0.15, 0.2) is 0 Å². The summed E-state index contributed by atoms with van der Waals surface area (Å²) in [7, 11) is 1.97. The zero-order valence-electron chi connectivity index (χ0n) is 13.7. The molecule has 2 N–H and O–H groups in total. The highest BCUT2D eigenvalue weighted by Crippen LogP contribution is 2.48. The summed E-state index contributed by atoms with van der Waals surface area (Å²) in [6.45, 7) is 7.95. The van der Waals surface area contributed by atoms with E-state index in [1.807, 2.05) is 11.9 Å². The predicted octanol–water partition coefficient (Wildman–Crippen LogP) is 2.89. The van der Waals surface area contributed by atoms with E-state index < -0.39 is 0 Å². The lowest BCUT2D eigenvalue weighted by Crippen LogP contribution is -2.41.